The Morgan fingerprint density at radius 2 is 1.79 bits per heavy atom. The van der Waals surface area contributed by atoms with Crippen LogP contribution < -0.4 is 0 Å². The van der Waals surface area contributed by atoms with Crippen LogP contribution >= 0.6 is 11.6 Å². The average Bonchev–Trinajstić information content (AvgIpc) is 3.09. The minimum atomic E-state index is 0.113. The summed E-state index contributed by atoms with van der Waals surface area (Å²) in [4.78, 5) is 4.19. The van der Waals surface area contributed by atoms with E-state index in [1.807, 2.05) is 30.9 Å². The summed E-state index contributed by atoms with van der Waals surface area (Å²) in [5.41, 5.74) is 2.71. The van der Waals surface area contributed by atoms with E-state index in [0.29, 0.717) is 0 Å². The standard InChI is InChI=1S/C21H23ClN2/c1-21(16-24-14-13-23-17-24,12-11-18-7-3-2-4-8-18)15-19-9-5-6-10-20(19)22/h2-10,13-14,17H,11-12,15-16H2,1H3. The summed E-state index contributed by atoms with van der Waals surface area (Å²) in [6.45, 7) is 3.28. The Labute approximate surface area is 149 Å². The third-order valence-corrected chi connectivity index (χ3v) is 4.93. The van der Waals surface area contributed by atoms with E-state index in [4.69, 9.17) is 11.6 Å². The first kappa shape index (κ1) is 16.8. The minimum Gasteiger partial charge on any atom is -0.337 e. The lowest BCUT2D eigenvalue weighted by molar-refractivity contribution is 0.247. The van der Waals surface area contributed by atoms with Crippen LogP contribution in [0.5, 0.6) is 0 Å². The molecular formula is C21H23ClN2. The van der Waals surface area contributed by atoms with Gasteiger partial charge < -0.3 is 4.57 Å². The molecule has 0 aliphatic heterocycles. The molecule has 0 aliphatic rings. The van der Waals surface area contributed by atoms with E-state index < -0.39 is 0 Å². The predicted octanol–water partition coefficient (Wildman–Crippen LogP) is 5.42. The van der Waals surface area contributed by atoms with Crippen molar-refractivity contribution in [2.45, 2.75) is 32.7 Å². The summed E-state index contributed by atoms with van der Waals surface area (Å²) in [6, 6.07) is 18.9. The van der Waals surface area contributed by atoms with Gasteiger partial charge >= 0.3 is 0 Å². The Bertz CT molecular complexity index is 753. The molecule has 3 rings (SSSR count). The van der Waals surface area contributed by atoms with E-state index in [0.717, 1.165) is 30.8 Å². The summed E-state index contributed by atoms with van der Waals surface area (Å²) in [5.74, 6) is 0. The van der Waals surface area contributed by atoms with Crippen molar-refractivity contribution in [2.24, 2.45) is 5.41 Å². The van der Waals surface area contributed by atoms with Crippen molar-refractivity contribution in [3.63, 3.8) is 0 Å². The van der Waals surface area contributed by atoms with Gasteiger partial charge in [-0.1, -0.05) is 67.1 Å². The topological polar surface area (TPSA) is 17.8 Å². The van der Waals surface area contributed by atoms with Crippen molar-refractivity contribution in [3.05, 3.63) is 89.5 Å². The molecule has 0 fully saturated rings. The fraction of sp³-hybridized carbons (Fsp3) is 0.286. The van der Waals surface area contributed by atoms with Crippen LogP contribution in [0.25, 0.3) is 0 Å². The number of halogens is 1. The van der Waals surface area contributed by atoms with Crippen molar-refractivity contribution < 1.29 is 0 Å². The zero-order valence-corrected chi connectivity index (χ0v) is 14.8. The van der Waals surface area contributed by atoms with Gasteiger partial charge in [-0.3, -0.25) is 0 Å². The summed E-state index contributed by atoms with van der Waals surface area (Å²) in [6.07, 6.45) is 8.89. The van der Waals surface area contributed by atoms with Gasteiger partial charge in [0.05, 0.1) is 6.33 Å². The van der Waals surface area contributed by atoms with Crippen LogP contribution in [0.2, 0.25) is 5.02 Å². The number of imidazole rings is 1. The van der Waals surface area contributed by atoms with E-state index in [1.54, 1.807) is 0 Å². The number of rotatable bonds is 7. The van der Waals surface area contributed by atoms with Gasteiger partial charge in [-0.05, 0) is 41.9 Å². The van der Waals surface area contributed by atoms with Crippen molar-refractivity contribution in [3.8, 4) is 0 Å². The zero-order valence-electron chi connectivity index (χ0n) is 14.0. The monoisotopic (exact) mass is 338 g/mol. The Kier molecular flexibility index (Phi) is 5.37. The van der Waals surface area contributed by atoms with Crippen LogP contribution in [0.15, 0.2) is 73.3 Å². The summed E-state index contributed by atoms with van der Waals surface area (Å²) < 4.78 is 2.17. The molecule has 0 spiro atoms. The fourth-order valence-corrected chi connectivity index (χ4v) is 3.44. The molecule has 1 unspecified atom stereocenters. The van der Waals surface area contributed by atoms with Crippen molar-refractivity contribution in [1.29, 1.82) is 0 Å². The molecule has 0 aliphatic carbocycles. The second-order valence-electron chi connectivity index (χ2n) is 6.80. The first-order valence-corrected chi connectivity index (χ1v) is 8.76. The number of nitrogens with zero attached hydrogens (tertiary/aromatic N) is 2. The van der Waals surface area contributed by atoms with Gasteiger partial charge in [-0.25, -0.2) is 4.98 Å². The maximum absolute atomic E-state index is 6.41. The van der Waals surface area contributed by atoms with Gasteiger partial charge in [0.25, 0.3) is 0 Å². The third-order valence-electron chi connectivity index (χ3n) is 4.56. The zero-order chi connectivity index (χ0) is 16.8. The molecule has 0 amide bonds. The number of aromatic nitrogens is 2. The van der Waals surface area contributed by atoms with Crippen molar-refractivity contribution in [2.75, 3.05) is 0 Å². The van der Waals surface area contributed by atoms with E-state index in [1.165, 1.54) is 11.1 Å². The van der Waals surface area contributed by atoms with Crippen LogP contribution in [0, 0.1) is 5.41 Å². The van der Waals surface area contributed by atoms with Gasteiger partial charge in [-0.2, -0.15) is 0 Å². The molecule has 1 heterocycles. The molecule has 0 saturated heterocycles. The van der Waals surface area contributed by atoms with Gasteiger partial charge in [0.1, 0.15) is 0 Å². The molecule has 1 aromatic heterocycles. The molecule has 0 N–H and O–H groups in total. The molecule has 0 bridgehead atoms. The molecule has 3 heteroatoms. The molecular weight excluding hydrogens is 316 g/mol. The summed E-state index contributed by atoms with van der Waals surface area (Å²) in [5, 5.41) is 0.856. The summed E-state index contributed by atoms with van der Waals surface area (Å²) >= 11 is 6.41. The maximum atomic E-state index is 6.41. The van der Waals surface area contributed by atoms with Gasteiger partial charge in [0.15, 0.2) is 0 Å². The first-order chi connectivity index (χ1) is 11.6. The van der Waals surface area contributed by atoms with Crippen LogP contribution in [0.3, 0.4) is 0 Å². The maximum Gasteiger partial charge on any atom is 0.0946 e. The Morgan fingerprint density at radius 1 is 1.04 bits per heavy atom. The fourth-order valence-electron chi connectivity index (χ4n) is 3.24. The van der Waals surface area contributed by atoms with E-state index in [9.17, 15) is 0 Å². The van der Waals surface area contributed by atoms with Crippen molar-refractivity contribution >= 4 is 11.6 Å². The van der Waals surface area contributed by atoms with E-state index in [2.05, 4.69) is 58.9 Å². The van der Waals surface area contributed by atoms with E-state index in [-0.39, 0.29) is 5.41 Å². The number of benzene rings is 2. The highest BCUT2D eigenvalue weighted by atomic mass is 35.5. The average molecular weight is 339 g/mol. The van der Waals surface area contributed by atoms with Gasteiger partial charge in [0, 0.05) is 24.0 Å². The lowest BCUT2D eigenvalue weighted by atomic mass is 9.78. The minimum absolute atomic E-state index is 0.113. The Morgan fingerprint density at radius 3 is 2.50 bits per heavy atom. The van der Waals surface area contributed by atoms with Crippen molar-refractivity contribution in [1.82, 2.24) is 9.55 Å². The molecule has 124 valence electrons. The Balaban J connectivity index is 1.78. The largest absolute Gasteiger partial charge is 0.337 e. The number of hydrogen-bond donors (Lipinski definition) is 0. The number of hydrogen-bond acceptors (Lipinski definition) is 1. The van der Waals surface area contributed by atoms with Crippen LogP contribution in [0.4, 0.5) is 0 Å². The summed E-state index contributed by atoms with van der Waals surface area (Å²) in [7, 11) is 0. The van der Waals surface area contributed by atoms with Crippen LogP contribution in [-0.4, -0.2) is 9.55 Å². The lowest BCUT2D eigenvalue weighted by Crippen LogP contribution is -2.26. The smallest absolute Gasteiger partial charge is 0.0946 e. The van der Waals surface area contributed by atoms with Gasteiger partial charge in [-0.15, -0.1) is 0 Å². The number of aryl methyl sites for hydroxylation is 1. The highest BCUT2D eigenvalue weighted by Gasteiger charge is 2.26. The molecule has 24 heavy (non-hydrogen) atoms. The van der Waals surface area contributed by atoms with Crippen LogP contribution in [-0.2, 0) is 19.4 Å². The molecule has 0 saturated carbocycles. The molecule has 0 radical (unpaired) electrons. The van der Waals surface area contributed by atoms with Gasteiger partial charge in [0.2, 0.25) is 0 Å². The molecule has 2 nitrogen and oxygen atoms in total. The molecule has 1 atom stereocenters. The second-order valence-corrected chi connectivity index (χ2v) is 7.21. The SMILES string of the molecule is CC(CCc1ccccc1)(Cc1ccccc1Cl)Cn1ccnc1. The molecule has 2 aromatic carbocycles. The van der Waals surface area contributed by atoms with Crippen LogP contribution in [0.1, 0.15) is 24.5 Å². The quantitative estimate of drug-likeness (QED) is 0.562. The van der Waals surface area contributed by atoms with E-state index >= 15 is 0 Å². The highest BCUT2D eigenvalue weighted by molar-refractivity contribution is 6.31. The normalized spacial score (nSPS) is 13.6. The predicted molar refractivity (Wildman–Crippen MR) is 100 cm³/mol. The first-order valence-electron chi connectivity index (χ1n) is 8.38. The third kappa shape index (κ3) is 4.48. The molecule has 3 aromatic rings. The second kappa shape index (κ2) is 7.67. The Hall–Kier alpha value is -2.06. The lowest BCUT2D eigenvalue weighted by Gasteiger charge is -2.31. The highest BCUT2D eigenvalue weighted by Crippen LogP contribution is 2.33.